The normalized spacial score (nSPS) is 15.1. The van der Waals surface area contributed by atoms with Gasteiger partial charge in [0.15, 0.2) is 10.5 Å². The van der Waals surface area contributed by atoms with Crippen LogP contribution in [0.15, 0.2) is 75.7 Å². The molecule has 0 unspecified atom stereocenters. The van der Waals surface area contributed by atoms with Crippen LogP contribution in [0.2, 0.25) is 20.1 Å². The minimum atomic E-state index is -5.03. The number of rotatable bonds is 7. The number of ether oxygens (including phenoxy) is 2. The molecule has 3 aromatic carbocycles. The largest absolute Gasteiger partial charge is 0.487 e. The Hall–Kier alpha value is -2.55. The van der Waals surface area contributed by atoms with Gasteiger partial charge in [-0.25, -0.2) is 9.79 Å². The van der Waals surface area contributed by atoms with E-state index >= 15 is 0 Å². The van der Waals surface area contributed by atoms with Gasteiger partial charge in [-0.3, -0.25) is 9.36 Å². The smallest absolute Gasteiger partial charge is 0.434 e. The molecular weight excluding hydrogens is 810 g/mol. The molecule has 0 N–H and O–H groups in total. The quantitative estimate of drug-likeness (QED) is 0.140. The lowest BCUT2D eigenvalue weighted by Gasteiger charge is -2.26. The molecule has 0 spiro atoms. The first-order chi connectivity index (χ1) is 21.3. The number of alkyl halides is 3. The van der Waals surface area contributed by atoms with Crippen LogP contribution in [0, 0.1) is 3.57 Å². The topological polar surface area (TPSA) is 69.9 Å². The molecule has 0 fully saturated rings. The summed E-state index contributed by atoms with van der Waals surface area (Å²) in [7, 11) is 0. The summed E-state index contributed by atoms with van der Waals surface area (Å²) in [4.78, 5) is 30.5. The molecule has 2 heterocycles. The zero-order valence-electron chi connectivity index (χ0n) is 22.7. The van der Waals surface area contributed by atoms with Gasteiger partial charge in [0.2, 0.25) is 0 Å². The van der Waals surface area contributed by atoms with Crippen LogP contribution in [0.4, 0.5) is 13.2 Å². The van der Waals surface area contributed by atoms with Crippen LogP contribution in [0.1, 0.15) is 29.7 Å². The van der Waals surface area contributed by atoms with Crippen LogP contribution >= 0.6 is 80.3 Å². The molecule has 6 nitrogen and oxygen atoms in total. The summed E-state index contributed by atoms with van der Waals surface area (Å²) in [5, 5.41) is 1.49. The van der Waals surface area contributed by atoms with Crippen molar-refractivity contribution in [1.82, 2.24) is 4.57 Å². The number of benzene rings is 3. The molecule has 45 heavy (non-hydrogen) atoms. The number of thiazole rings is 1. The number of halogens is 8. The number of hydrogen-bond acceptors (Lipinski definition) is 6. The third kappa shape index (κ3) is 7.23. The summed E-state index contributed by atoms with van der Waals surface area (Å²) in [6.07, 6.45) is -3.58. The highest BCUT2D eigenvalue weighted by molar-refractivity contribution is 14.1. The van der Waals surface area contributed by atoms with Crippen molar-refractivity contribution in [3.8, 4) is 5.75 Å². The molecule has 0 saturated heterocycles. The number of nitrogens with zero attached hydrogens (tertiary/aromatic N) is 2. The lowest BCUT2D eigenvalue weighted by atomic mass is 9.95. The maximum absolute atomic E-state index is 14.4. The third-order valence-electron chi connectivity index (χ3n) is 6.49. The summed E-state index contributed by atoms with van der Waals surface area (Å²) >= 11 is 27.4. The zero-order chi connectivity index (χ0) is 32.6. The van der Waals surface area contributed by atoms with Gasteiger partial charge < -0.3 is 9.47 Å². The van der Waals surface area contributed by atoms with E-state index in [0.29, 0.717) is 40.5 Å². The first-order valence-corrected chi connectivity index (χ1v) is 16.3. The van der Waals surface area contributed by atoms with Gasteiger partial charge in [-0.05, 0) is 77.6 Å². The number of esters is 1. The highest BCUT2D eigenvalue weighted by atomic mass is 127. The van der Waals surface area contributed by atoms with E-state index in [4.69, 9.17) is 55.9 Å². The van der Waals surface area contributed by atoms with Crippen LogP contribution in [-0.4, -0.2) is 23.3 Å². The van der Waals surface area contributed by atoms with E-state index < -0.39 is 35.0 Å². The van der Waals surface area contributed by atoms with Gasteiger partial charge in [0, 0.05) is 31.2 Å². The van der Waals surface area contributed by atoms with Crippen LogP contribution < -0.4 is 19.6 Å². The summed E-state index contributed by atoms with van der Waals surface area (Å²) in [6.45, 7) is 1.32. The molecule has 0 saturated carbocycles. The van der Waals surface area contributed by atoms with Gasteiger partial charge >= 0.3 is 12.1 Å². The second-order valence-corrected chi connectivity index (χ2v) is 13.3. The van der Waals surface area contributed by atoms with Crippen molar-refractivity contribution in [2.75, 3.05) is 6.61 Å². The predicted molar refractivity (Wildman–Crippen MR) is 177 cm³/mol. The Kier molecular flexibility index (Phi) is 10.3. The van der Waals surface area contributed by atoms with Gasteiger partial charge in [0.1, 0.15) is 12.4 Å². The Bertz CT molecular complexity index is 2030. The molecule has 1 aliphatic rings. The third-order valence-corrected chi connectivity index (χ3v) is 9.33. The molecule has 234 valence electrons. The number of fused-ring (bicyclic) bond motifs is 1. The molecule has 0 amide bonds. The molecule has 5 rings (SSSR count). The van der Waals surface area contributed by atoms with Crippen molar-refractivity contribution in [3.63, 3.8) is 0 Å². The van der Waals surface area contributed by atoms with E-state index in [1.165, 1.54) is 37.3 Å². The molecule has 0 bridgehead atoms. The van der Waals surface area contributed by atoms with Crippen LogP contribution in [0.3, 0.4) is 0 Å². The van der Waals surface area contributed by atoms with E-state index in [1.54, 1.807) is 30.3 Å². The number of carbonyl (C=O) groups excluding carboxylic acids is 1. The molecule has 4 aromatic rings. The van der Waals surface area contributed by atoms with Gasteiger partial charge in [-0.2, -0.15) is 13.2 Å². The van der Waals surface area contributed by atoms with Crippen LogP contribution in [0.5, 0.6) is 5.75 Å². The number of hydrogen-bond donors (Lipinski definition) is 0. The fourth-order valence-electron chi connectivity index (χ4n) is 4.57. The van der Waals surface area contributed by atoms with E-state index in [1.807, 2.05) is 22.6 Å². The molecule has 1 atom stereocenters. The highest BCUT2D eigenvalue weighted by Gasteiger charge is 2.45. The standard InChI is InChI=1S/C30H18Cl4F3IN2O4S/c1-2-43-28(42)23-24(14-3-6-17(31)7-4-14)40-27(41)22(45-29(40)39-26(23)30(35,36)37)10-16-9-19(33)12-21(38)25(16)44-13-15-5-8-18(32)11-20(15)34/h3-12,24H,2,13H2,1H3/b22-10-/t24-/m0/s1. The first-order valence-electron chi connectivity index (χ1n) is 12.9. The van der Waals surface area contributed by atoms with Crippen molar-refractivity contribution in [1.29, 1.82) is 0 Å². The zero-order valence-corrected chi connectivity index (χ0v) is 28.7. The van der Waals surface area contributed by atoms with Gasteiger partial charge in [0.25, 0.3) is 5.56 Å². The van der Waals surface area contributed by atoms with E-state index in [-0.39, 0.29) is 28.1 Å². The summed E-state index contributed by atoms with van der Waals surface area (Å²) in [5.74, 6) is -0.891. The lowest BCUT2D eigenvalue weighted by molar-refractivity contribution is -0.140. The van der Waals surface area contributed by atoms with E-state index in [2.05, 4.69) is 4.99 Å². The van der Waals surface area contributed by atoms with E-state index in [9.17, 15) is 22.8 Å². The maximum atomic E-state index is 14.4. The summed E-state index contributed by atoms with van der Waals surface area (Å²) in [5.41, 5.74) is -1.73. The van der Waals surface area contributed by atoms with Crippen molar-refractivity contribution in [2.24, 2.45) is 4.99 Å². The average Bonchev–Trinajstić information content (AvgIpc) is 3.27. The second-order valence-electron chi connectivity index (χ2n) is 9.45. The summed E-state index contributed by atoms with van der Waals surface area (Å²) < 4.78 is 56.0. The van der Waals surface area contributed by atoms with Gasteiger partial charge in [-0.1, -0.05) is 75.9 Å². The Morgan fingerprint density at radius 2 is 1.73 bits per heavy atom. The van der Waals surface area contributed by atoms with Crippen LogP contribution in [-0.2, 0) is 16.1 Å². The van der Waals surface area contributed by atoms with Crippen LogP contribution in [0.25, 0.3) is 6.08 Å². The monoisotopic (exact) mass is 826 g/mol. The predicted octanol–water partition coefficient (Wildman–Crippen LogP) is 8.14. The van der Waals surface area contributed by atoms with Crippen molar-refractivity contribution in [2.45, 2.75) is 25.7 Å². The molecule has 1 aliphatic heterocycles. The minimum absolute atomic E-state index is 0.0202. The van der Waals surface area contributed by atoms with Crippen molar-refractivity contribution < 1.29 is 27.4 Å². The number of carbonyl (C=O) groups is 1. The fraction of sp³-hybridized carbons (Fsp3) is 0.167. The fourth-order valence-corrected chi connectivity index (χ4v) is 7.36. The number of aromatic nitrogens is 1. The lowest BCUT2D eigenvalue weighted by Crippen LogP contribution is -2.41. The Balaban J connectivity index is 1.71. The Morgan fingerprint density at radius 3 is 2.38 bits per heavy atom. The minimum Gasteiger partial charge on any atom is -0.487 e. The van der Waals surface area contributed by atoms with Crippen molar-refractivity contribution in [3.05, 3.63) is 126 Å². The van der Waals surface area contributed by atoms with Gasteiger partial charge in [-0.15, -0.1) is 0 Å². The van der Waals surface area contributed by atoms with E-state index in [0.717, 1.165) is 15.9 Å². The van der Waals surface area contributed by atoms with Gasteiger partial charge in [0.05, 0.1) is 26.3 Å². The highest BCUT2D eigenvalue weighted by Crippen LogP contribution is 2.39. The number of allylic oxidation sites excluding steroid dienone is 1. The maximum Gasteiger partial charge on any atom is 0.434 e. The molecule has 0 radical (unpaired) electrons. The Morgan fingerprint density at radius 1 is 1.04 bits per heavy atom. The SMILES string of the molecule is CCOC(=O)C1=C(C(F)(F)F)N=c2s/c(=C\c3cc(Cl)cc(I)c3OCc3ccc(Cl)cc3Cl)c(=O)n2[C@H]1c1ccc(Cl)cc1. The average molecular weight is 828 g/mol. The molecule has 1 aromatic heterocycles. The Labute approximate surface area is 291 Å². The van der Waals surface area contributed by atoms with Crippen molar-refractivity contribution >= 4 is 92.4 Å². The molecule has 15 heteroatoms. The molecular formula is C30H18Cl4F3IN2O4S. The first kappa shape index (κ1) is 33.8. The molecule has 0 aliphatic carbocycles. The second kappa shape index (κ2) is 13.7. The summed E-state index contributed by atoms with van der Waals surface area (Å²) in [6, 6.07) is 12.4.